The smallest absolute Gasteiger partial charge is 0.170 e. The van der Waals surface area contributed by atoms with E-state index < -0.39 is 6.10 Å². The third-order valence-corrected chi connectivity index (χ3v) is 3.14. The molecule has 1 aromatic heterocycles. The highest BCUT2D eigenvalue weighted by atomic mass is 16.5. The number of benzene rings is 1. The lowest BCUT2D eigenvalue weighted by Crippen LogP contribution is -2.35. The molecule has 1 atom stereocenters. The van der Waals surface area contributed by atoms with Gasteiger partial charge in [0, 0.05) is 24.0 Å². The molecule has 5 nitrogen and oxygen atoms in total. The Kier molecular flexibility index (Phi) is 4.62. The normalized spacial score (nSPS) is 13.1. The van der Waals surface area contributed by atoms with E-state index >= 15 is 0 Å². The van der Waals surface area contributed by atoms with Gasteiger partial charge in [0.05, 0.1) is 5.69 Å². The van der Waals surface area contributed by atoms with E-state index in [1.165, 1.54) is 0 Å². The standard InChI is InChI=1S/C15H22N2O3/c1-9(2)16-7-12(18)8-19-14-6-15-13(5-10(14)3)11(4)17-20-15/h5-6,9,12,16,18H,7-8H2,1-4H3. The number of rotatable bonds is 6. The molecule has 0 saturated heterocycles. The molecule has 0 aliphatic heterocycles. The monoisotopic (exact) mass is 278 g/mol. The largest absolute Gasteiger partial charge is 0.490 e. The molecule has 0 amide bonds. The highest BCUT2D eigenvalue weighted by Gasteiger charge is 2.11. The molecule has 1 heterocycles. The lowest BCUT2D eigenvalue weighted by atomic mass is 10.1. The Hall–Kier alpha value is -1.59. The molecule has 0 aliphatic rings. The minimum atomic E-state index is -0.538. The van der Waals surface area contributed by atoms with Crippen LogP contribution in [0, 0.1) is 13.8 Å². The van der Waals surface area contributed by atoms with Gasteiger partial charge in [-0.25, -0.2) is 0 Å². The van der Waals surface area contributed by atoms with Crippen molar-refractivity contribution in [1.29, 1.82) is 0 Å². The van der Waals surface area contributed by atoms with E-state index in [4.69, 9.17) is 9.26 Å². The van der Waals surface area contributed by atoms with E-state index in [0.717, 1.165) is 22.4 Å². The quantitative estimate of drug-likeness (QED) is 0.847. The second-order valence-electron chi connectivity index (χ2n) is 5.41. The van der Waals surface area contributed by atoms with E-state index in [2.05, 4.69) is 10.5 Å². The van der Waals surface area contributed by atoms with Gasteiger partial charge in [-0.3, -0.25) is 0 Å². The van der Waals surface area contributed by atoms with Gasteiger partial charge in [-0.2, -0.15) is 0 Å². The van der Waals surface area contributed by atoms with Gasteiger partial charge in [0.25, 0.3) is 0 Å². The summed E-state index contributed by atoms with van der Waals surface area (Å²) >= 11 is 0. The summed E-state index contributed by atoms with van der Waals surface area (Å²) in [6.45, 7) is 8.72. The van der Waals surface area contributed by atoms with E-state index in [1.807, 2.05) is 39.8 Å². The lowest BCUT2D eigenvalue weighted by Gasteiger charge is -2.16. The van der Waals surface area contributed by atoms with Gasteiger partial charge in [-0.1, -0.05) is 19.0 Å². The Morgan fingerprint density at radius 3 is 2.80 bits per heavy atom. The Labute approximate surface area is 118 Å². The van der Waals surface area contributed by atoms with Crippen molar-refractivity contribution in [3.05, 3.63) is 23.4 Å². The zero-order valence-corrected chi connectivity index (χ0v) is 12.4. The van der Waals surface area contributed by atoms with Gasteiger partial charge in [0.15, 0.2) is 5.58 Å². The third kappa shape index (κ3) is 3.49. The Bertz CT molecular complexity index is 578. The van der Waals surface area contributed by atoms with E-state index in [9.17, 15) is 5.11 Å². The van der Waals surface area contributed by atoms with Crippen LogP contribution in [0.4, 0.5) is 0 Å². The van der Waals surface area contributed by atoms with Gasteiger partial charge in [-0.05, 0) is 25.5 Å². The van der Waals surface area contributed by atoms with Crippen LogP contribution < -0.4 is 10.1 Å². The van der Waals surface area contributed by atoms with Gasteiger partial charge in [0.2, 0.25) is 0 Å². The highest BCUT2D eigenvalue weighted by molar-refractivity contribution is 5.81. The first-order valence-electron chi connectivity index (χ1n) is 6.88. The van der Waals surface area contributed by atoms with Gasteiger partial charge < -0.3 is 19.7 Å². The summed E-state index contributed by atoms with van der Waals surface area (Å²) in [5, 5.41) is 17.9. The van der Waals surface area contributed by atoms with Crippen LogP contribution in [0.1, 0.15) is 25.1 Å². The Morgan fingerprint density at radius 1 is 1.35 bits per heavy atom. The minimum absolute atomic E-state index is 0.249. The Balaban J connectivity index is 2.00. The number of aryl methyl sites for hydroxylation is 2. The molecule has 2 aromatic rings. The van der Waals surface area contributed by atoms with Crippen molar-refractivity contribution in [2.75, 3.05) is 13.2 Å². The number of aromatic nitrogens is 1. The number of fused-ring (bicyclic) bond motifs is 1. The van der Waals surface area contributed by atoms with Crippen LogP contribution >= 0.6 is 0 Å². The molecular formula is C15H22N2O3. The average molecular weight is 278 g/mol. The van der Waals surface area contributed by atoms with Crippen molar-refractivity contribution in [2.45, 2.75) is 39.8 Å². The fourth-order valence-corrected chi connectivity index (χ4v) is 1.97. The van der Waals surface area contributed by atoms with Crippen LogP contribution in [-0.4, -0.2) is 35.6 Å². The molecule has 1 aromatic carbocycles. The molecule has 0 spiro atoms. The first-order chi connectivity index (χ1) is 9.47. The number of ether oxygens (including phenoxy) is 1. The summed E-state index contributed by atoms with van der Waals surface area (Å²) in [5.74, 6) is 0.720. The maximum absolute atomic E-state index is 9.84. The summed E-state index contributed by atoms with van der Waals surface area (Å²) in [4.78, 5) is 0. The van der Waals surface area contributed by atoms with Crippen molar-refractivity contribution in [1.82, 2.24) is 10.5 Å². The van der Waals surface area contributed by atoms with Crippen LogP contribution in [0.25, 0.3) is 11.0 Å². The fourth-order valence-electron chi connectivity index (χ4n) is 1.97. The van der Waals surface area contributed by atoms with E-state index in [1.54, 1.807) is 0 Å². The third-order valence-electron chi connectivity index (χ3n) is 3.14. The van der Waals surface area contributed by atoms with Crippen LogP contribution in [-0.2, 0) is 0 Å². The molecule has 5 heteroatoms. The highest BCUT2D eigenvalue weighted by Crippen LogP contribution is 2.27. The maximum atomic E-state index is 9.84. The van der Waals surface area contributed by atoms with Crippen molar-refractivity contribution in [3.63, 3.8) is 0 Å². The number of aliphatic hydroxyl groups excluding tert-OH is 1. The van der Waals surface area contributed by atoms with Gasteiger partial charge in [0.1, 0.15) is 18.5 Å². The molecule has 2 N–H and O–H groups in total. The van der Waals surface area contributed by atoms with E-state index in [-0.39, 0.29) is 6.61 Å². The summed E-state index contributed by atoms with van der Waals surface area (Å²) < 4.78 is 10.9. The van der Waals surface area contributed by atoms with Crippen LogP contribution in [0.15, 0.2) is 16.7 Å². The molecule has 0 fully saturated rings. The maximum Gasteiger partial charge on any atom is 0.170 e. The zero-order valence-electron chi connectivity index (χ0n) is 12.4. The summed E-state index contributed by atoms with van der Waals surface area (Å²) in [5.41, 5.74) is 2.58. The second-order valence-corrected chi connectivity index (χ2v) is 5.41. The predicted octanol–water partition coefficient (Wildman–Crippen LogP) is 2.18. The number of hydrogen-bond donors (Lipinski definition) is 2. The SMILES string of the molecule is Cc1cc2c(C)noc2cc1OCC(O)CNC(C)C. The molecule has 0 radical (unpaired) electrons. The van der Waals surface area contributed by atoms with Crippen molar-refractivity contribution >= 4 is 11.0 Å². The summed E-state index contributed by atoms with van der Waals surface area (Å²) in [6.07, 6.45) is -0.538. The zero-order chi connectivity index (χ0) is 14.7. The molecule has 0 saturated carbocycles. The minimum Gasteiger partial charge on any atom is -0.490 e. The van der Waals surface area contributed by atoms with Gasteiger partial charge >= 0.3 is 0 Å². The molecule has 0 bridgehead atoms. The van der Waals surface area contributed by atoms with Crippen molar-refractivity contribution in [2.24, 2.45) is 0 Å². The number of nitrogens with zero attached hydrogens (tertiary/aromatic N) is 1. The van der Waals surface area contributed by atoms with Crippen LogP contribution in [0.5, 0.6) is 5.75 Å². The summed E-state index contributed by atoms with van der Waals surface area (Å²) in [6, 6.07) is 4.17. The fraction of sp³-hybridized carbons (Fsp3) is 0.533. The van der Waals surface area contributed by atoms with Crippen molar-refractivity contribution in [3.8, 4) is 5.75 Å². The number of aliphatic hydroxyl groups is 1. The Morgan fingerprint density at radius 2 is 2.10 bits per heavy atom. The van der Waals surface area contributed by atoms with Crippen molar-refractivity contribution < 1.29 is 14.4 Å². The first kappa shape index (κ1) is 14.8. The lowest BCUT2D eigenvalue weighted by molar-refractivity contribution is 0.104. The number of nitrogens with one attached hydrogen (secondary N) is 1. The molecule has 20 heavy (non-hydrogen) atoms. The predicted molar refractivity (Wildman–Crippen MR) is 78.1 cm³/mol. The topological polar surface area (TPSA) is 67.5 Å². The first-order valence-corrected chi connectivity index (χ1v) is 6.88. The van der Waals surface area contributed by atoms with Crippen LogP contribution in [0.3, 0.4) is 0 Å². The van der Waals surface area contributed by atoms with E-state index in [0.29, 0.717) is 18.2 Å². The molecule has 2 rings (SSSR count). The molecule has 0 aliphatic carbocycles. The molecule has 1 unspecified atom stereocenters. The summed E-state index contributed by atoms with van der Waals surface area (Å²) in [7, 11) is 0. The molecule has 110 valence electrons. The van der Waals surface area contributed by atoms with Crippen LogP contribution in [0.2, 0.25) is 0 Å². The van der Waals surface area contributed by atoms with Gasteiger partial charge in [-0.15, -0.1) is 0 Å². The second kappa shape index (κ2) is 6.24. The molecular weight excluding hydrogens is 256 g/mol. The average Bonchev–Trinajstić information content (AvgIpc) is 2.75. The number of hydrogen-bond acceptors (Lipinski definition) is 5.